The van der Waals surface area contributed by atoms with Crippen LogP contribution in [0.2, 0.25) is 0 Å². The highest BCUT2D eigenvalue weighted by molar-refractivity contribution is 4.98. The first-order chi connectivity index (χ1) is 11.3. The van der Waals surface area contributed by atoms with Gasteiger partial charge in [0.05, 0.1) is 0 Å². The SMILES string of the molecule is CCCCCCCCCCC#CCCCCCC(C)CCCC. The number of hydrogen-bond acceptors (Lipinski definition) is 0. The highest BCUT2D eigenvalue weighted by atomic mass is 14.1. The van der Waals surface area contributed by atoms with Gasteiger partial charge in [-0.15, -0.1) is 11.8 Å². The predicted molar refractivity (Wildman–Crippen MR) is 107 cm³/mol. The maximum absolute atomic E-state index is 3.38. The van der Waals surface area contributed by atoms with Gasteiger partial charge in [0.2, 0.25) is 0 Å². The van der Waals surface area contributed by atoms with Gasteiger partial charge in [-0.3, -0.25) is 0 Å². The average molecular weight is 321 g/mol. The van der Waals surface area contributed by atoms with Crippen LogP contribution in [0.25, 0.3) is 0 Å². The molecule has 0 fully saturated rings. The number of rotatable bonds is 16. The lowest BCUT2D eigenvalue weighted by Crippen LogP contribution is -1.94. The summed E-state index contributed by atoms with van der Waals surface area (Å²) in [5.74, 6) is 7.68. The van der Waals surface area contributed by atoms with Crippen LogP contribution in [0.15, 0.2) is 0 Å². The second-order valence-corrected chi connectivity index (χ2v) is 7.43. The fourth-order valence-corrected chi connectivity index (χ4v) is 3.10. The van der Waals surface area contributed by atoms with E-state index in [1.165, 1.54) is 96.3 Å². The lowest BCUT2D eigenvalue weighted by Gasteiger charge is -2.09. The monoisotopic (exact) mass is 320 g/mol. The van der Waals surface area contributed by atoms with Crippen molar-refractivity contribution in [1.29, 1.82) is 0 Å². The number of hydrogen-bond donors (Lipinski definition) is 0. The van der Waals surface area contributed by atoms with Crippen LogP contribution < -0.4 is 0 Å². The summed E-state index contributed by atoms with van der Waals surface area (Å²) in [5, 5.41) is 0. The van der Waals surface area contributed by atoms with Crippen molar-refractivity contribution in [3.8, 4) is 11.8 Å². The Kier molecular flexibility index (Phi) is 19.2. The molecule has 0 saturated heterocycles. The molecule has 0 nitrogen and oxygen atoms in total. The Bertz CT molecular complexity index is 267. The molecule has 0 aromatic carbocycles. The van der Waals surface area contributed by atoms with E-state index >= 15 is 0 Å². The summed E-state index contributed by atoms with van der Waals surface area (Å²) in [7, 11) is 0. The van der Waals surface area contributed by atoms with Crippen molar-refractivity contribution < 1.29 is 0 Å². The molecule has 1 unspecified atom stereocenters. The molecule has 136 valence electrons. The van der Waals surface area contributed by atoms with Crippen LogP contribution in [0.3, 0.4) is 0 Å². The van der Waals surface area contributed by atoms with Crippen LogP contribution in [-0.4, -0.2) is 0 Å². The molecule has 0 rings (SSSR count). The maximum Gasteiger partial charge on any atom is 0.00886 e. The summed E-state index contributed by atoms with van der Waals surface area (Å²) in [4.78, 5) is 0. The molecule has 0 aliphatic carbocycles. The zero-order valence-corrected chi connectivity index (χ0v) is 16.6. The quantitative estimate of drug-likeness (QED) is 0.198. The lowest BCUT2D eigenvalue weighted by molar-refractivity contribution is 0.446. The molecule has 1 atom stereocenters. The smallest absolute Gasteiger partial charge is 0.00886 e. The average Bonchev–Trinajstić information content (AvgIpc) is 2.56. The summed E-state index contributed by atoms with van der Waals surface area (Å²) in [6, 6.07) is 0. The molecule has 0 amide bonds. The third kappa shape index (κ3) is 19.5. The highest BCUT2D eigenvalue weighted by Gasteiger charge is 2.00. The summed E-state index contributed by atoms with van der Waals surface area (Å²) >= 11 is 0. The van der Waals surface area contributed by atoms with Crippen LogP contribution >= 0.6 is 0 Å². The van der Waals surface area contributed by atoms with E-state index in [1.807, 2.05) is 0 Å². The van der Waals surface area contributed by atoms with Crippen molar-refractivity contribution in [1.82, 2.24) is 0 Å². The minimum Gasteiger partial charge on any atom is -0.103 e. The highest BCUT2D eigenvalue weighted by Crippen LogP contribution is 2.16. The van der Waals surface area contributed by atoms with Gasteiger partial charge in [0.25, 0.3) is 0 Å². The van der Waals surface area contributed by atoms with Crippen LogP contribution in [-0.2, 0) is 0 Å². The van der Waals surface area contributed by atoms with Crippen LogP contribution in [0.5, 0.6) is 0 Å². The molecule has 0 radical (unpaired) electrons. The van der Waals surface area contributed by atoms with Gasteiger partial charge in [-0.25, -0.2) is 0 Å². The van der Waals surface area contributed by atoms with Gasteiger partial charge in [0.1, 0.15) is 0 Å². The van der Waals surface area contributed by atoms with Crippen molar-refractivity contribution in [2.75, 3.05) is 0 Å². The molecule has 0 heterocycles. The molecule has 0 spiro atoms. The zero-order valence-electron chi connectivity index (χ0n) is 16.6. The Morgan fingerprint density at radius 2 is 0.957 bits per heavy atom. The summed E-state index contributed by atoms with van der Waals surface area (Å²) < 4.78 is 0. The third-order valence-corrected chi connectivity index (χ3v) is 4.83. The molecular formula is C23H44. The molecular weight excluding hydrogens is 276 g/mol. The van der Waals surface area contributed by atoms with Gasteiger partial charge in [0, 0.05) is 12.8 Å². The first kappa shape index (κ1) is 22.6. The first-order valence-electron chi connectivity index (χ1n) is 10.8. The topological polar surface area (TPSA) is 0 Å². The molecule has 0 aliphatic rings. The molecule has 0 bridgehead atoms. The Morgan fingerprint density at radius 3 is 1.52 bits per heavy atom. The fourth-order valence-electron chi connectivity index (χ4n) is 3.10. The van der Waals surface area contributed by atoms with E-state index in [4.69, 9.17) is 0 Å². The minimum absolute atomic E-state index is 0.933. The van der Waals surface area contributed by atoms with Gasteiger partial charge in [-0.2, -0.15) is 0 Å². The van der Waals surface area contributed by atoms with E-state index in [9.17, 15) is 0 Å². The fraction of sp³-hybridized carbons (Fsp3) is 0.913. The maximum atomic E-state index is 3.38. The minimum atomic E-state index is 0.933. The zero-order chi connectivity index (χ0) is 17.0. The molecule has 0 aromatic rings. The van der Waals surface area contributed by atoms with Crippen molar-refractivity contribution >= 4 is 0 Å². The molecule has 0 heteroatoms. The van der Waals surface area contributed by atoms with Gasteiger partial charge < -0.3 is 0 Å². The second kappa shape index (κ2) is 19.6. The second-order valence-electron chi connectivity index (χ2n) is 7.43. The molecule has 0 aliphatic heterocycles. The van der Waals surface area contributed by atoms with E-state index < -0.39 is 0 Å². The van der Waals surface area contributed by atoms with Crippen LogP contribution in [0.1, 0.15) is 130 Å². The van der Waals surface area contributed by atoms with E-state index in [1.54, 1.807) is 0 Å². The van der Waals surface area contributed by atoms with Gasteiger partial charge >= 0.3 is 0 Å². The van der Waals surface area contributed by atoms with E-state index in [-0.39, 0.29) is 0 Å². The normalized spacial score (nSPS) is 12.0. The van der Waals surface area contributed by atoms with Gasteiger partial charge in [-0.1, -0.05) is 104 Å². The summed E-state index contributed by atoms with van der Waals surface area (Å²) in [6.07, 6.45) is 23.2. The third-order valence-electron chi connectivity index (χ3n) is 4.83. The summed E-state index contributed by atoms with van der Waals surface area (Å²) in [5.41, 5.74) is 0. The Hall–Kier alpha value is -0.440. The number of unbranched alkanes of at least 4 members (excludes halogenated alkanes) is 12. The largest absolute Gasteiger partial charge is 0.103 e. The van der Waals surface area contributed by atoms with E-state index in [0.717, 1.165) is 18.8 Å². The van der Waals surface area contributed by atoms with E-state index in [0.29, 0.717) is 0 Å². The van der Waals surface area contributed by atoms with Gasteiger partial charge in [0.15, 0.2) is 0 Å². The van der Waals surface area contributed by atoms with Gasteiger partial charge in [-0.05, 0) is 18.8 Å². The molecule has 0 saturated carbocycles. The predicted octanol–water partition coefficient (Wildman–Crippen LogP) is 8.30. The Labute approximate surface area is 148 Å². The summed E-state index contributed by atoms with van der Waals surface area (Å²) in [6.45, 7) is 6.99. The Balaban J connectivity index is 3.18. The Morgan fingerprint density at radius 1 is 0.522 bits per heavy atom. The lowest BCUT2D eigenvalue weighted by atomic mass is 9.97. The van der Waals surface area contributed by atoms with E-state index in [2.05, 4.69) is 32.6 Å². The standard InChI is InChI=1S/C23H44/c1-4-6-8-9-10-11-12-13-14-15-16-17-18-19-20-22-23(3)21-7-5-2/h23H,4-14,17-22H2,1-3H3. The van der Waals surface area contributed by atoms with Crippen molar-refractivity contribution in [3.63, 3.8) is 0 Å². The first-order valence-corrected chi connectivity index (χ1v) is 10.8. The molecule has 23 heavy (non-hydrogen) atoms. The molecule has 0 aromatic heterocycles. The molecule has 0 N–H and O–H groups in total. The van der Waals surface area contributed by atoms with Crippen molar-refractivity contribution in [2.45, 2.75) is 130 Å². The van der Waals surface area contributed by atoms with Crippen molar-refractivity contribution in [3.05, 3.63) is 0 Å². The van der Waals surface area contributed by atoms with Crippen LogP contribution in [0, 0.1) is 17.8 Å². The van der Waals surface area contributed by atoms with Crippen molar-refractivity contribution in [2.24, 2.45) is 5.92 Å². The van der Waals surface area contributed by atoms with Crippen LogP contribution in [0.4, 0.5) is 0 Å².